The monoisotopic (exact) mass is 466 g/mol. The standard InChI is InChI=1S/C21H23ClN2O6S/c1-15(30-20(25)10-7-16-6-5-13-29-16)21(26)23-19-14-17(8-9-18(19)22)31(27,28)24-11-3-2-4-12-24/h5-10,13-15H,2-4,11-12H2,1H3,(H,23,26)/b10-7+/t15-/m1/s1. The Bertz CT molecular complexity index is 1060. The van der Waals surface area contributed by atoms with Gasteiger partial charge in [0, 0.05) is 19.2 Å². The quantitative estimate of drug-likeness (QED) is 0.492. The third-order valence-electron chi connectivity index (χ3n) is 4.74. The molecule has 1 aromatic heterocycles. The summed E-state index contributed by atoms with van der Waals surface area (Å²) in [6.45, 7) is 2.33. The molecule has 1 N–H and O–H groups in total. The van der Waals surface area contributed by atoms with Crippen LogP contribution in [0.3, 0.4) is 0 Å². The topological polar surface area (TPSA) is 106 Å². The molecule has 1 atom stereocenters. The number of carbonyl (C=O) groups is 2. The number of esters is 1. The highest BCUT2D eigenvalue weighted by atomic mass is 35.5. The minimum Gasteiger partial charge on any atom is -0.465 e. The summed E-state index contributed by atoms with van der Waals surface area (Å²) in [6, 6.07) is 7.47. The van der Waals surface area contributed by atoms with Gasteiger partial charge in [0.05, 0.1) is 21.9 Å². The first kappa shape index (κ1) is 23.1. The van der Waals surface area contributed by atoms with Crippen LogP contribution >= 0.6 is 11.6 Å². The molecule has 166 valence electrons. The summed E-state index contributed by atoms with van der Waals surface area (Å²) in [4.78, 5) is 24.4. The summed E-state index contributed by atoms with van der Waals surface area (Å²) in [5.74, 6) is -0.909. The number of nitrogens with zero attached hydrogens (tertiary/aromatic N) is 1. The van der Waals surface area contributed by atoms with Gasteiger partial charge in [-0.3, -0.25) is 4.79 Å². The molecule has 1 amide bonds. The zero-order valence-corrected chi connectivity index (χ0v) is 18.5. The number of ether oxygens (including phenoxy) is 1. The Balaban J connectivity index is 1.66. The number of sulfonamides is 1. The van der Waals surface area contributed by atoms with Crippen LogP contribution in [0.15, 0.2) is 52.0 Å². The Labute approximate surface area is 185 Å². The summed E-state index contributed by atoms with van der Waals surface area (Å²) >= 11 is 6.14. The van der Waals surface area contributed by atoms with Crippen LogP contribution in [-0.2, 0) is 24.3 Å². The van der Waals surface area contributed by atoms with E-state index < -0.39 is 28.0 Å². The molecular formula is C21H23ClN2O6S. The molecule has 1 aliphatic heterocycles. The fourth-order valence-corrected chi connectivity index (χ4v) is 4.76. The van der Waals surface area contributed by atoms with Gasteiger partial charge in [-0.05, 0) is 56.2 Å². The van der Waals surface area contributed by atoms with Crippen LogP contribution in [0.2, 0.25) is 5.02 Å². The molecule has 0 spiro atoms. The number of furan rings is 1. The van der Waals surface area contributed by atoms with Gasteiger partial charge in [0.15, 0.2) is 6.10 Å². The van der Waals surface area contributed by atoms with Gasteiger partial charge in [-0.25, -0.2) is 13.2 Å². The average molecular weight is 467 g/mol. The molecule has 0 unspecified atom stereocenters. The molecule has 0 aliphatic carbocycles. The van der Waals surface area contributed by atoms with E-state index in [9.17, 15) is 18.0 Å². The molecule has 1 aromatic carbocycles. The van der Waals surface area contributed by atoms with Crippen molar-refractivity contribution >= 4 is 45.3 Å². The number of hydrogen-bond acceptors (Lipinski definition) is 6. The minimum atomic E-state index is -3.69. The molecule has 0 radical (unpaired) electrons. The maximum Gasteiger partial charge on any atom is 0.331 e. The van der Waals surface area contributed by atoms with Gasteiger partial charge in [-0.15, -0.1) is 0 Å². The van der Waals surface area contributed by atoms with Crippen molar-refractivity contribution in [3.63, 3.8) is 0 Å². The first-order chi connectivity index (χ1) is 14.8. The van der Waals surface area contributed by atoms with Crippen LogP contribution in [-0.4, -0.2) is 43.8 Å². The van der Waals surface area contributed by atoms with Gasteiger partial charge in [-0.2, -0.15) is 4.31 Å². The molecular weight excluding hydrogens is 444 g/mol. The van der Waals surface area contributed by atoms with E-state index in [-0.39, 0.29) is 15.6 Å². The van der Waals surface area contributed by atoms with Gasteiger partial charge in [0.2, 0.25) is 10.0 Å². The molecule has 10 heteroatoms. The van der Waals surface area contributed by atoms with E-state index in [1.807, 2.05) is 0 Å². The van der Waals surface area contributed by atoms with Crippen molar-refractivity contribution in [3.8, 4) is 0 Å². The molecule has 1 aliphatic rings. The van der Waals surface area contributed by atoms with Crippen molar-refractivity contribution in [1.29, 1.82) is 0 Å². The lowest BCUT2D eigenvalue weighted by Crippen LogP contribution is -2.35. The highest BCUT2D eigenvalue weighted by molar-refractivity contribution is 7.89. The lowest BCUT2D eigenvalue weighted by Gasteiger charge is -2.26. The third-order valence-corrected chi connectivity index (χ3v) is 6.96. The maximum atomic E-state index is 12.9. The first-order valence-corrected chi connectivity index (χ1v) is 11.6. The van der Waals surface area contributed by atoms with Gasteiger partial charge < -0.3 is 14.5 Å². The van der Waals surface area contributed by atoms with Crippen LogP contribution in [0, 0.1) is 0 Å². The number of benzene rings is 1. The fraction of sp³-hybridized carbons (Fsp3) is 0.333. The van der Waals surface area contributed by atoms with Crippen molar-refractivity contribution in [2.24, 2.45) is 0 Å². The number of piperidine rings is 1. The molecule has 0 bridgehead atoms. The Kier molecular flexibility index (Phi) is 7.53. The zero-order chi connectivity index (χ0) is 22.4. The number of halogens is 1. The van der Waals surface area contributed by atoms with E-state index in [2.05, 4.69) is 5.32 Å². The van der Waals surface area contributed by atoms with Crippen LogP contribution in [0.25, 0.3) is 6.08 Å². The van der Waals surface area contributed by atoms with Crippen molar-refractivity contribution in [3.05, 3.63) is 53.5 Å². The number of nitrogens with one attached hydrogen (secondary N) is 1. The molecule has 2 heterocycles. The Hall–Kier alpha value is -2.62. The normalized spacial score (nSPS) is 16.2. The summed E-state index contributed by atoms with van der Waals surface area (Å²) in [6.07, 6.45) is 5.51. The molecule has 1 saturated heterocycles. The molecule has 31 heavy (non-hydrogen) atoms. The maximum absolute atomic E-state index is 12.9. The number of rotatable bonds is 7. The second kappa shape index (κ2) is 10.1. The van der Waals surface area contributed by atoms with E-state index in [1.165, 1.54) is 41.8 Å². The third kappa shape index (κ3) is 5.96. The SMILES string of the molecule is C[C@@H](OC(=O)/C=C/c1ccco1)C(=O)Nc1cc(S(=O)(=O)N2CCCCC2)ccc1Cl. The second-order valence-electron chi connectivity index (χ2n) is 7.02. The van der Waals surface area contributed by atoms with Gasteiger partial charge in [-0.1, -0.05) is 18.0 Å². The number of hydrogen-bond donors (Lipinski definition) is 1. The predicted molar refractivity (Wildman–Crippen MR) is 116 cm³/mol. The zero-order valence-electron chi connectivity index (χ0n) is 16.9. The van der Waals surface area contributed by atoms with Crippen LogP contribution < -0.4 is 5.32 Å². The largest absolute Gasteiger partial charge is 0.465 e. The molecule has 8 nitrogen and oxygen atoms in total. The fourth-order valence-electron chi connectivity index (χ4n) is 3.05. The van der Waals surface area contributed by atoms with E-state index in [4.69, 9.17) is 20.8 Å². The summed E-state index contributed by atoms with van der Waals surface area (Å²) in [5, 5.41) is 2.70. The van der Waals surface area contributed by atoms with Crippen LogP contribution in [0.1, 0.15) is 31.9 Å². The summed E-state index contributed by atoms with van der Waals surface area (Å²) in [5.41, 5.74) is 0.124. The van der Waals surface area contributed by atoms with Crippen LogP contribution in [0.5, 0.6) is 0 Å². The van der Waals surface area contributed by atoms with Crippen molar-refractivity contribution in [2.75, 3.05) is 18.4 Å². The Morgan fingerprint density at radius 3 is 2.65 bits per heavy atom. The van der Waals surface area contributed by atoms with Crippen molar-refractivity contribution in [1.82, 2.24) is 4.31 Å². The van der Waals surface area contributed by atoms with Gasteiger partial charge in [0.25, 0.3) is 5.91 Å². The lowest BCUT2D eigenvalue weighted by atomic mass is 10.2. The summed E-state index contributed by atoms with van der Waals surface area (Å²) < 4.78 is 37.3. The molecule has 3 rings (SSSR count). The molecule has 2 aromatic rings. The predicted octanol–water partition coefficient (Wildman–Crippen LogP) is 3.69. The number of anilines is 1. The van der Waals surface area contributed by atoms with E-state index in [0.717, 1.165) is 25.3 Å². The van der Waals surface area contributed by atoms with E-state index >= 15 is 0 Å². The Morgan fingerprint density at radius 1 is 1.23 bits per heavy atom. The highest BCUT2D eigenvalue weighted by Crippen LogP contribution is 2.28. The number of amides is 1. The van der Waals surface area contributed by atoms with Crippen molar-refractivity contribution < 1.29 is 27.2 Å². The van der Waals surface area contributed by atoms with Gasteiger partial charge >= 0.3 is 5.97 Å². The van der Waals surface area contributed by atoms with E-state index in [1.54, 1.807) is 12.1 Å². The lowest BCUT2D eigenvalue weighted by molar-refractivity contribution is -0.148. The smallest absolute Gasteiger partial charge is 0.331 e. The van der Waals surface area contributed by atoms with E-state index in [0.29, 0.717) is 18.8 Å². The van der Waals surface area contributed by atoms with Crippen LogP contribution in [0.4, 0.5) is 5.69 Å². The molecule has 1 fully saturated rings. The first-order valence-electron chi connectivity index (χ1n) is 9.80. The highest BCUT2D eigenvalue weighted by Gasteiger charge is 2.27. The minimum absolute atomic E-state index is 0.0418. The van der Waals surface area contributed by atoms with Crippen molar-refractivity contribution in [2.45, 2.75) is 37.2 Å². The summed E-state index contributed by atoms with van der Waals surface area (Å²) in [7, 11) is -3.69. The van der Waals surface area contributed by atoms with Gasteiger partial charge in [0.1, 0.15) is 5.76 Å². The molecule has 0 saturated carbocycles. The number of carbonyl (C=O) groups excluding carboxylic acids is 2. The average Bonchev–Trinajstić information content (AvgIpc) is 3.28. The second-order valence-corrected chi connectivity index (χ2v) is 9.37. The Morgan fingerprint density at radius 2 is 1.97 bits per heavy atom.